The maximum atomic E-state index is 5.94. The lowest BCUT2D eigenvalue weighted by Gasteiger charge is -2.11. The standard InChI is InChI=1S/C14H17NO4.3C2H6/c1-2-12-13(19-8-18-12)3-9(1)6-16-10-4-11(15-5-10)14-7-17-14;3*1-2/h1-3,10-11,14-15H,4-8H2;3*1-2H3/t10-,11-,14?;;;/m1.../s1. The molecule has 3 heterocycles. The summed E-state index contributed by atoms with van der Waals surface area (Å²) in [5.74, 6) is 1.63. The van der Waals surface area contributed by atoms with Crippen molar-refractivity contribution in [3.8, 4) is 11.5 Å². The second-order valence-electron chi connectivity index (χ2n) is 5.24. The predicted octanol–water partition coefficient (Wildman–Crippen LogP) is 4.14. The van der Waals surface area contributed by atoms with Gasteiger partial charge in [0.1, 0.15) is 0 Å². The van der Waals surface area contributed by atoms with Crippen molar-refractivity contribution in [1.29, 1.82) is 0 Å². The number of nitrogens with one attached hydrogen (secondary N) is 1. The fourth-order valence-corrected chi connectivity index (χ4v) is 2.68. The van der Waals surface area contributed by atoms with E-state index in [1.807, 2.05) is 59.7 Å². The Bertz CT molecular complexity index is 477. The molecule has 3 atom stereocenters. The van der Waals surface area contributed by atoms with Crippen LogP contribution in [0.5, 0.6) is 11.5 Å². The zero-order valence-electron chi connectivity index (χ0n) is 16.6. The number of fused-ring (bicyclic) bond motifs is 1. The summed E-state index contributed by atoms with van der Waals surface area (Å²) < 4.78 is 21.9. The summed E-state index contributed by atoms with van der Waals surface area (Å²) in [5, 5.41) is 3.45. The molecule has 1 aromatic rings. The van der Waals surface area contributed by atoms with Crippen LogP contribution < -0.4 is 14.8 Å². The van der Waals surface area contributed by atoms with E-state index in [2.05, 4.69) is 5.32 Å². The van der Waals surface area contributed by atoms with Gasteiger partial charge in [-0.25, -0.2) is 0 Å². The molecule has 0 spiro atoms. The molecule has 1 aromatic carbocycles. The molecule has 5 heteroatoms. The van der Waals surface area contributed by atoms with Gasteiger partial charge in [-0.05, 0) is 24.1 Å². The Morgan fingerprint density at radius 1 is 1.04 bits per heavy atom. The highest BCUT2D eigenvalue weighted by atomic mass is 16.7. The number of rotatable bonds is 4. The first kappa shape index (κ1) is 21.7. The van der Waals surface area contributed by atoms with Gasteiger partial charge in [0.2, 0.25) is 6.79 Å². The molecular weight excluding hydrogens is 318 g/mol. The van der Waals surface area contributed by atoms with E-state index in [-0.39, 0.29) is 6.10 Å². The van der Waals surface area contributed by atoms with E-state index < -0.39 is 0 Å². The second-order valence-corrected chi connectivity index (χ2v) is 5.24. The highest BCUT2D eigenvalue weighted by Gasteiger charge is 2.38. The van der Waals surface area contributed by atoms with Gasteiger partial charge in [-0.1, -0.05) is 47.6 Å². The normalized spacial score (nSPS) is 24.8. The smallest absolute Gasteiger partial charge is 0.231 e. The molecule has 0 saturated carbocycles. The minimum Gasteiger partial charge on any atom is -0.454 e. The van der Waals surface area contributed by atoms with Gasteiger partial charge < -0.3 is 24.3 Å². The molecule has 1 N–H and O–H groups in total. The Morgan fingerprint density at radius 2 is 1.72 bits per heavy atom. The van der Waals surface area contributed by atoms with Crippen molar-refractivity contribution in [2.45, 2.75) is 72.8 Å². The minimum absolute atomic E-state index is 0.277. The number of ether oxygens (including phenoxy) is 4. The van der Waals surface area contributed by atoms with Gasteiger partial charge in [0.05, 0.1) is 25.4 Å². The van der Waals surface area contributed by atoms with Crippen LogP contribution in [0.25, 0.3) is 0 Å². The van der Waals surface area contributed by atoms with E-state index in [9.17, 15) is 0 Å². The van der Waals surface area contributed by atoms with Gasteiger partial charge in [-0.3, -0.25) is 0 Å². The molecule has 3 aliphatic heterocycles. The van der Waals surface area contributed by atoms with E-state index in [0.717, 1.165) is 36.6 Å². The highest BCUT2D eigenvalue weighted by molar-refractivity contribution is 5.44. The molecule has 0 aromatic heterocycles. The van der Waals surface area contributed by atoms with E-state index in [0.29, 0.717) is 25.5 Å². The van der Waals surface area contributed by atoms with Gasteiger partial charge in [0.25, 0.3) is 0 Å². The average Bonchev–Trinajstić information content (AvgIpc) is 3.25. The van der Waals surface area contributed by atoms with Crippen molar-refractivity contribution < 1.29 is 18.9 Å². The van der Waals surface area contributed by atoms with Crippen LogP contribution >= 0.6 is 0 Å². The lowest BCUT2D eigenvalue weighted by Crippen LogP contribution is -2.26. The molecule has 0 radical (unpaired) electrons. The third kappa shape index (κ3) is 6.49. The molecule has 3 aliphatic rings. The molecule has 4 rings (SSSR count). The summed E-state index contributed by atoms with van der Waals surface area (Å²) >= 11 is 0. The number of hydrogen-bond donors (Lipinski definition) is 1. The Kier molecular flexibility index (Phi) is 10.5. The maximum absolute atomic E-state index is 5.94. The van der Waals surface area contributed by atoms with Crippen LogP contribution in [-0.4, -0.2) is 38.2 Å². The van der Waals surface area contributed by atoms with Gasteiger partial charge in [-0.15, -0.1) is 0 Å². The second kappa shape index (κ2) is 12.1. The first-order chi connectivity index (χ1) is 12.4. The monoisotopic (exact) mass is 353 g/mol. The van der Waals surface area contributed by atoms with E-state index in [4.69, 9.17) is 18.9 Å². The number of hydrogen-bond acceptors (Lipinski definition) is 5. The quantitative estimate of drug-likeness (QED) is 0.825. The van der Waals surface area contributed by atoms with Crippen LogP contribution in [0.15, 0.2) is 18.2 Å². The van der Waals surface area contributed by atoms with Crippen molar-refractivity contribution in [2.24, 2.45) is 0 Å². The maximum Gasteiger partial charge on any atom is 0.231 e. The minimum atomic E-state index is 0.277. The topological polar surface area (TPSA) is 52.2 Å². The van der Waals surface area contributed by atoms with Gasteiger partial charge in [0.15, 0.2) is 11.5 Å². The van der Waals surface area contributed by atoms with Crippen LogP contribution in [-0.2, 0) is 16.1 Å². The summed E-state index contributed by atoms with van der Waals surface area (Å²) in [6.45, 7) is 14.7. The van der Waals surface area contributed by atoms with Crippen molar-refractivity contribution in [3.05, 3.63) is 23.8 Å². The van der Waals surface area contributed by atoms with Crippen LogP contribution in [0.2, 0.25) is 0 Å². The van der Waals surface area contributed by atoms with Gasteiger partial charge in [-0.2, -0.15) is 0 Å². The van der Waals surface area contributed by atoms with Crippen molar-refractivity contribution in [2.75, 3.05) is 19.9 Å². The summed E-state index contributed by atoms with van der Waals surface area (Å²) in [5.41, 5.74) is 1.12. The zero-order chi connectivity index (χ0) is 18.7. The lowest BCUT2D eigenvalue weighted by atomic mass is 10.1. The van der Waals surface area contributed by atoms with Crippen LogP contribution in [0.3, 0.4) is 0 Å². The number of epoxide rings is 1. The lowest BCUT2D eigenvalue weighted by molar-refractivity contribution is 0.0519. The van der Waals surface area contributed by atoms with Crippen LogP contribution in [0, 0.1) is 0 Å². The third-order valence-electron chi connectivity index (χ3n) is 3.86. The summed E-state index contributed by atoms with van der Waals surface area (Å²) in [7, 11) is 0. The summed E-state index contributed by atoms with van der Waals surface area (Å²) in [6, 6.07) is 6.43. The van der Waals surface area contributed by atoms with Crippen molar-refractivity contribution in [3.63, 3.8) is 0 Å². The summed E-state index contributed by atoms with van der Waals surface area (Å²) in [6.07, 6.45) is 1.73. The van der Waals surface area contributed by atoms with Crippen molar-refractivity contribution in [1.82, 2.24) is 5.32 Å². The SMILES string of the molecule is CC.CC.CC.c1cc2c(cc1CO[C@H]1CN[C@@H](C3CO3)C1)OCO2. The molecule has 144 valence electrons. The fraction of sp³-hybridized carbons (Fsp3) is 0.700. The largest absolute Gasteiger partial charge is 0.454 e. The first-order valence-corrected chi connectivity index (χ1v) is 9.73. The Morgan fingerprint density at radius 3 is 2.40 bits per heavy atom. The van der Waals surface area contributed by atoms with Gasteiger partial charge in [0, 0.05) is 12.6 Å². The first-order valence-electron chi connectivity index (χ1n) is 9.73. The zero-order valence-corrected chi connectivity index (χ0v) is 16.6. The van der Waals surface area contributed by atoms with Gasteiger partial charge >= 0.3 is 0 Å². The van der Waals surface area contributed by atoms with E-state index in [1.165, 1.54) is 0 Å². The molecule has 0 amide bonds. The molecule has 2 saturated heterocycles. The van der Waals surface area contributed by atoms with Crippen LogP contribution in [0.4, 0.5) is 0 Å². The van der Waals surface area contributed by atoms with Crippen LogP contribution in [0.1, 0.15) is 53.5 Å². The highest BCUT2D eigenvalue weighted by Crippen LogP contribution is 2.33. The fourth-order valence-electron chi connectivity index (χ4n) is 2.68. The van der Waals surface area contributed by atoms with Crippen molar-refractivity contribution >= 4 is 0 Å². The molecule has 0 bridgehead atoms. The summed E-state index contributed by atoms with van der Waals surface area (Å²) in [4.78, 5) is 0. The molecule has 1 unspecified atom stereocenters. The van der Waals surface area contributed by atoms with E-state index in [1.54, 1.807) is 0 Å². The Labute approximate surface area is 153 Å². The predicted molar refractivity (Wildman–Crippen MR) is 101 cm³/mol. The Hall–Kier alpha value is -1.30. The number of benzene rings is 1. The van der Waals surface area contributed by atoms with E-state index >= 15 is 0 Å². The third-order valence-corrected chi connectivity index (χ3v) is 3.86. The Balaban J connectivity index is 0.000000475. The molecule has 5 nitrogen and oxygen atoms in total. The molecule has 0 aliphatic carbocycles. The molecule has 2 fully saturated rings. The average molecular weight is 354 g/mol. The molecular formula is C20H35NO4. The molecule has 25 heavy (non-hydrogen) atoms.